The number of methoxy groups -OCH3 is 1. The quantitative estimate of drug-likeness (QED) is 0.200. The van der Waals surface area contributed by atoms with Crippen LogP contribution in [-0.2, 0) is 18.9 Å². The predicted octanol–water partition coefficient (Wildman–Crippen LogP) is -3.18. The minimum absolute atomic E-state index is 0.0157. The molecule has 0 amide bonds. The molecule has 0 spiro atoms. The number of phenolic OH excluding ortho intramolecular Hbond substituents is 1. The molecule has 2 aliphatic heterocycles. The van der Waals surface area contributed by atoms with Crippen LogP contribution in [0.5, 0.6) is 11.5 Å². The molecule has 8 atom stereocenters. The molecule has 0 radical (unpaired) electrons. The van der Waals surface area contributed by atoms with Crippen LogP contribution >= 0.6 is 0 Å². The van der Waals surface area contributed by atoms with Crippen LogP contribution in [0.25, 0.3) is 0 Å². The predicted molar refractivity (Wildman–Crippen MR) is 100 cm³/mol. The lowest BCUT2D eigenvalue weighted by Gasteiger charge is -2.40. The molecule has 2 saturated heterocycles. The highest BCUT2D eigenvalue weighted by atomic mass is 16.7. The lowest BCUT2D eigenvalue weighted by atomic mass is 9.99. The highest BCUT2D eigenvalue weighted by Crippen LogP contribution is 2.30. The Balaban J connectivity index is 1.67. The number of ether oxygens (including phenoxy) is 5. The number of hydrogen-bond donors (Lipinski definition) is 7. The maximum absolute atomic E-state index is 11.7. The van der Waals surface area contributed by atoms with Gasteiger partial charge in [-0.3, -0.25) is 0 Å². The van der Waals surface area contributed by atoms with Crippen molar-refractivity contribution in [3.63, 3.8) is 0 Å². The number of aromatic hydroxyl groups is 1. The van der Waals surface area contributed by atoms with E-state index in [-0.39, 0.29) is 23.7 Å². The number of phenols is 1. The topological polar surface area (TPSA) is 205 Å². The summed E-state index contributed by atoms with van der Waals surface area (Å²) in [6.07, 6.45) is -10.7. The summed E-state index contributed by atoms with van der Waals surface area (Å²) >= 11 is 0. The maximum atomic E-state index is 11.7. The maximum Gasteiger partial charge on any atom is 0.341 e. The molecule has 1 aromatic carbocycles. The van der Waals surface area contributed by atoms with Crippen LogP contribution in [0.2, 0.25) is 0 Å². The van der Waals surface area contributed by atoms with Crippen molar-refractivity contribution in [3.05, 3.63) is 23.8 Å². The average molecular weight is 462 g/mol. The van der Waals surface area contributed by atoms with Crippen LogP contribution in [0.3, 0.4) is 0 Å². The molecule has 3 rings (SSSR count). The fourth-order valence-electron chi connectivity index (χ4n) is 3.27. The lowest BCUT2D eigenvalue weighted by Crippen LogP contribution is -2.60. The molecule has 2 aliphatic rings. The van der Waals surface area contributed by atoms with Gasteiger partial charge in [0, 0.05) is 0 Å². The Morgan fingerprint density at radius 1 is 1.16 bits per heavy atom. The van der Waals surface area contributed by atoms with Gasteiger partial charge in [0.2, 0.25) is 6.29 Å². The van der Waals surface area contributed by atoms with E-state index in [1.807, 2.05) is 0 Å². The van der Waals surface area contributed by atoms with Crippen molar-refractivity contribution in [1.29, 1.82) is 0 Å². The van der Waals surface area contributed by atoms with Crippen molar-refractivity contribution >= 4 is 5.97 Å². The zero-order chi connectivity index (χ0) is 23.6. The van der Waals surface area contributed by atoms with Gasteiger partial charge in [0.05, 0.1) is 26.9 Å². The summed E-state index contributed by atoms with van der Waals surface area (Å²) in [6, 6.07) is 3.57. The first kappa shape index (κ1) is 24.6. The van der Waals surface area contributed by atoms with E-state index in [1.165, 1.54) is 6.07 Å². The van der Waals surface area contributed by atoms with E-state index in [9.17, 15) is 35.4 Å². The first-order valence-corrected chi connectivity index (χ1v) is 9.63. The third-order valence-electron chi connectivity index (χ3n) is 5.30. The minimum Gasteiger partial charge on any atom is -0.507 e. The lowest BCUT2D eigenvalue weighted by molar-refractivity contribution is -0.289. The Labute approximate surface area is 181 Å². The highest BCUT2D eigenvalue weighted by Gasteiger charge is 2.50. The number of esters is 1. The molecular formula is C19H26O13. The Kier molecular flexibility index (Phi) is 7.54. The average Bonchev–Trinajstić information content (AvgIpc) is 3.08. The fraction of sp³-hybridized carbons (Fsp3) is 0.632. The minimum atomic E-state index is -1.91. The smallest absolute Gasteiger partial charge is 0.341 e. The molecule has 0 bridgehead atoms. The van der Waals surface area contributed by atoms with Gasteiger partial charge in [-0.1, -0.05) is 0 Å². The molecule has 2 heterocycles. The molecule has 2 fully saturated rings. The molecule has 0 saturated carbocycles. The number of carbonyl (C=O) groups is 1. The fourth-order valence-corrected chi connectivity index (χ4v) is 3.27. The van der Waals surface area contributed by atoms with Gasteiger partial charge in [0.25, 0.3) is 0 Å². The van der Waals surface area contributed by atoms with Gasteiger partial charge >= 0.3 is 5.97 Å². The zero-order valence-electron chi connectivity index (χ0n) is 17.0. The largest absolute Gasteiger partial charge is 0.507 e. The normalized spacial score (nSPS) is 37.3. The SMILES string of the molecule is COC(=O)c1cc(O[C@@H]2O[C@H](CO[C@@H]3OC[C@](O)(CO)[C@H]3O)[C@@H](O)[C@H](O)[C@H]2O)ccc1O. The number of aliphatic hydroxyl groups is 6. The van der Waals surface area contributed by atoms with Gasteiger partial charge in [-0.05, 0) is 18.2 Å². The highest BCUT2D eigenvalue weighted by molar-refractivity contribution is 5.92. The number of hydrogen-bond acceptors (Lipinski definition) is 13. The second kappa shape index (κ2) is 9.82. The van der Waals surface area contributed by atoms with Crippen LogP contribution in [0.15, 0.2) is 18.2 Å². The number of rotatable bonds is 7. The molecule has 32 heavy (non-hydrogen) atoms. The van der Waals surface area contributed by atoms with Crippen LogP contribution in [0.1, 0.15) is 10.4 Å². The summed E-state index contributed by atoms with van der Waals surface area (Å²) in [4.78, 5) is 11.7. The van der Waals surface area contributed by atoms with Gasteiger partial charge in [0.15, 0.2) is 6.29 Å². The molecule has 0 aromatic heterocycles. The van der Waals surface area contributed by atoms with Crippen molar-refractivity contribution in [3.8, 4) is 11.5 Å². The van der Waals surface area contributed by atoms with Crippen LogP contribution in [-0.4, -0.2) is 117 Å². The summed E-state index contributed by atoms with van der Waals surface area (Å²) in [5.74, 6) is -1.22. The molecule has 7 N–H and O–H groups in total. The van der Waals surface area contributed by atoms with E-state index >= 15 is 0 Å². The standard InChI is InChI=1S/C19H26O13/c1-28-16(26)9-4-8(2-3-10(9)21)31-17-14(24)13(23)12(22)11(32-17)5-29-18-15(25)19(27,6-20)7-30-18/h2-4,11-15,17-18,20-25,27H,5-7H2,1H3/t11-,12-,13+,14-,15+,17-,18-,19-/m1/s1. The summed E-state index contributed by atoms with van der Waals surface area (Å²) in [6.45, 7) is -1.60. The third-order valence-corrected chi connectivity index (χ3v) is 5.30. The number of benzene rings is 1. The van der Waals surface area contributed by atoms with E-state index in [0.717, 1.165) is 19.2 Å². The van der Waals surface area contributed by atoms with Gasteiger partial charge in [-0.25, -0.2) is 4.79 Å². The van der Waals surface area contributed by atoms with Crippen LogP contribution in [0.4, 0.5) is 0 Å². The first-order chi connectivity index (χ1) is 15.1. The molecular weight excluding hydrogens is 436 g/mol. The van der Waals surface area contributed by atoms with Gasteiger partial charge in [-0.2, -0.15) is 0 Å². The van der Waals surface area contributed by atoms with Crippen molar-refractivity contribution in [2.75, 3.05) is 26.9 Å². The van der Waals surface area contributed by atoms with Crippen molar-refractivity contribution in [1.82, 2.24) is 0 Å². The third kappa shape index (κ3) is 4.80. The van der Waals surface area contributed by atoms with Gasteiger partial charge in [-0.15, -0.1) is 0 Å². The first-order valence-electron chi connectivity index (χ1n) is 9.63. The molecule has 1 aromatic rings. The van der Waals surface area contributed by atoms with E-state index in [2.05, 4.69) is 4.74 Å². The van der Waals surface area contributed by atoms with E-state index < -0.39 is 67.9 Å². The summed E-state index contributed by atoms with van der Waals surface area (Å²) in [5, 5.41) is 69.5. The second-order valence-corrected chi connectivity index (χ2v) is 7.52. The monoisotopic (exact) mass is 462 g/mol. The molecule has 180 valence electrons. The van der Waals surface area contributed by atoms with E-state index in [0.29, 0.717) is 0 Å². The summed E-state index contributed by atoms with van der Waals surface area (Å²) in [7, 11) is 1.12. The second-order valence-electron chi connectivity index (χ2n) is 7.52. The van der Waals surface area contributed by atoms with Crippen molar-refractivity contribution in [2.24, 2.45) is 0 Å². The summed E-state index contributed by atoms with van der Waals surface area (Å²) < 4.78 is 25.9. The van der Waals surface area contributed by atoms with E-state index in [1.54, 1.807) is 0 Å². The number of aliphatic hydroxyl groups excluding tert-OH is 5. The molecule has 0 unspecified atom stereocenters. The molecule has 0 aliphatic carbocycles. The van der Waals surface area contributed by atoms with Crippen LogP contribution in [0, 0.1) is 0 Å². The van der Waals surface area contributed by atoms with E-state index in [4.69, 9.17) is 24.1 Å². The Morgan fingerprint density at radius 2 is 1.88 bits per heavy atom. The number of carbonyl (C=O) groups excluding carboxylic acids is 1. The van der Waals surface area contributed by atoms with Gasteiger partial charge < -0.3 is 59.4 Å². The molecule has 13 heteroatoms. The Morgan fingerprint density at radius 3 is 2.50 bits per heavy atom. The van der Waals surface area contributed by atoms with Crippen molar-refractivity contribution < 1.29 is 64.2 Å². The zero-order valence-corrected chi connectivity index (χ0v) is 17.0. The summed E-state index contributed by atoms with van der Waals surface area (Å²) in [5.41, 5.74) is -2.12. The Hall–Kier alpha value is -2.07. The van der Waals surface area contributed by atoms with Crippen molar-refractivity contribution in [2.45, 2.75) is 48.7 Å². The van der Waals surface area contributed by atoms with Crippen LogP contribution < -0.4 is 4.74 Å². The van der Waals surface area contributed by atoms with Gasteiger partial charge in [0.1, 0.15) is 53.2 Å². The molecule has 13 nitrogen and oxygen atoms in total. The Bertz CT molecular complexity index is 803.